The first-order valence-electron chi connectivity index (χ1n) is 9.31. The van der Waals surface area contributed by atoms with Gasteiger partial charge < -0.3 is 10.6 Å². The molecule has 32 heavy (non-hydrogen) atoms. The van der Waals surface area contributed by atoms with Gasteiger partial charge in [-0.25, -0.2) is 21.9 Å². The van der Waals surface area contributed by atoms with Crippen LogP contribution in [0.1, 0.15) is 26.8 Å². The Hall–Kier alpha value is -3.15. The highest BCUT2D eigenvalue weighted by Crippen LogP contribution is 2.19. The van der Waals surface area contributed by atoms with Crippen molar-refractivity contribution in [1.82, 2.24) is 15.4 Å². The molecule has 0 saturated heterocycles. The molecule has 3 aromatic rings. The Bertz CT molecular complexity index is 1230. The van der Waals surface area contributed by atoms with Gasteiger partial charge in [-0.3, -0.25) is 9.59 Å². The largest absolute Gasteiger partial charge is 0.357 e. The molecule has 1 heterocycles. The molecule has 0 radical (unpaired) electrons. The van der Waals surface area contributed by atoms with Gasteiger partial charge in [-0.15, -0.1) is 11.3 Å². The molecule has 0 spiro atoms. The number of thiophene rings is 1. The zero-order chi connectivity index (χ0) is 23.3. The van der Waals surface area contributed by atoms with Gasteiger partial charge >= 0.3 is 0 Å². The van der Waals surface area contributed by atoms with Crippen molar-refractivity contribution < 1.29 is 26.8 Å². The number of benzene rings is 2. The van der Waals surface area contributed by atoms with Crippen molar-refractivity contribution in [3.05, 3.63) is 87.6 Å². The fraction of sp³-hybridized carbons (Fsp3) is 0.143. The summed E-state index contributed by atoms with van der Waals surface area (Å²) in [4.78, 5) is 25.7. The van der Waals surface area contributed by atoms with E-state index in [2.05, 4.69) is 15.4 Å². The molecule has 0 saturated carbocycles. The highest BCUT2D eigenvalue weighted by Gasteiger charge is 2.24. The summed E-state index contributed by atoms with van der Waals surface area (Å²) < 4.78 is 54.5. The second-order valence-electron chi connectivity index (χ2n) is 6.63. The van der Waals surface area contributed by atoms with Crippen molar-refractivity contribution in [1.29, 1.82) is 0 Å². The summed E-state index contributed by atoms with van der Waals surface area (Å²) in [7, 11) is -2.57. The molecule has 1 unspecified atom stereocenters. The Morgan fingerprint density at radius 2 is 1.81 bits per heavy atom. The van der Waals surface area contributed by atoms with Gasteiger partial charge in [0, 0.05) is 24.0 Å². The van der Waals surface area contributed by atoms with Crippen LogP contribution in [0.3, 0.4) is 0 Å². The first kappa shape index (κ1) is 23.5. The summed E-state index contributed by atoms with van der Waals surface area (Å²) in [6.45, 7) is 0.102. The number of sulfonamides is 1. The minimum absolute atomic E-state index is 0.0259. The number of hydrogen-bond donors (Lipinski definition) is 3. The van der Waals surface area contributed by atoms with E-state index in [0.29, 0.717) is 0 Å². The zero-order valence-electron chi connectivity index (χ0n) is 16.8. The normalized spacial score (nSPS) is 12.2. The highest BCUT2D eigenvalue weighted by atomic mass is 32.2. The third-order valence-electron chi connectivity index (χ3n) is 4.48. The quantitative estimate of drug-likeness (QED) is 0.462. The molecule has 0 aliphatic rings. The lowest BCUT2D eigenvalue weighted by Gasteiger charge is -2.18. The second-order valence-corrected chi connectivity index (χ2v) is 9.43. The predicted molar refractivity (Wildman–Crippen MR) is 115 cm³/mol. The van der Waals surface area contributed by atoms with Crippen LogP contribution in [0.4, 0.5) is 8.78 Å². The van der Waals surface area contributed by atoms with Crippen LogP contribution >= 0.6 is 11.3 Å². The van der Waals surface area contributed by atoms with E-state index in [1.54, 1.807) is 12.1 Å². The number of rotatable bonds is 8. The van der Waals surface area contributed by atoms with Gasteiger partial charge in [0.15, 0.2) is 11.6 Å². The summed E-state index contributed by atoms with van der Waals surface area (Å²) in [5.41, 5.74) is -0.00141. The minimum Gasteiger partial charge on any atom is -0.357 e. The summed E-state index contributed by atoms with van der Waals surface area (Å²) in [6.07, 6.45) is 0. The summed E-state index contributed by atoms with van der Waals surface area (Å²) >= 11 is 1.40. The van der Waals surface area contributed by atoms with E-state index in [0.717, 1.165) is 23.1 Å². The Kier molecular flexibility index (Phi) is 7.33. The molecule has 2 aromatic carbocycles. The maximum absolute atomic E-state index is 13.6. The molecule has 11 heteroatoms. The average molecular weight is 480 g/mol. The van der Waals surface area contributed by atoms with Crippen LogP contribution in [0.2, 0.25) is 0 Å². The summed E-state index contributed by atoms with van der Waals surface area (Å²) in [5.74, 6) is -3.69. The highest BCUT2D eigenvalue weighted by molar-refractivity contribution is 7.89. The van der Waals surface area contributed by atoms with Crippen LogP contribution in [0, 0.1) is 11.6 Å². The van der Waals surface area contributed by atoms with E-state index in [9.17, 15) is 26.8 Å². The van der Waals surface area contributed by atoms with Gasteiger partial charge in [-0.05, 0) is 47.3 Å². The maximum atomic E-state index is 13.6. The van der Waals surface area contributed by atoms with Gasteiger partial charge in [0.1, 0.15) is 6.04 Å². The molecule has 3 N–H and O–H groups in total. The molecule has 0 bridgehead atoms. The zero-order valence-corrected chi connectivity index (χ0v) is 18.4. The van der Waals surface area contributed by atoms with Crippen LogP contribution in [-0.2, 0) is 21.4 Å². The van der Waals surface area contributed by atoms with Crippen LogP contribution in [0.25, 0.3) is 0 Å². The number of carbonyl (C=O) groups excluding carboxylic acids is 2. The lowest BCUT2D eigenvalue weighted by Crippen LogP contribution is -2.39. The Morgan fingerprint density at radius 3 is 2.47 bits per heavy atom. The molecule has 1 atom stereocenters. The van der Waals surface area contributed by atoms with E-state index in [1.807, 2.05) is 5.38 Å². The fourth-order valence-electron chi connectivity index (χ4n) is 2.82. The molecular weight excluding hydrogens is 460 g/mol. The predicted octanol–water partition coefficient (Wildman–Crippen LogP) is 2.72. The molecule has 7 nitrogen and oxygen atoms in total. The molecule has 0 fully saturated rings. The van der Waals surface area contributed by atoms with Crippen molar-refractivity contribution >= 4 is 33.2 Å². The molecule has 1 aromatic heterocycles. The molecule has 0 aliphatic carbocycles. The summed E-state index contributed by atoms with van der Waals surface area (Å²) in [5, 5.41) is 6.60. The lowest BCUT2D eigenvalue weighted by molar-refractivity contribution is -0.122. The second kappa shape index (κ2) is 9.98. The molecule has 2 amide bonds. The number of hydrogen-bond acceptors (Lipinski definition) is 5. The minimum atomic E-state index is -3.90. The van der Waals surface area contributed by atoms with Gasteiger partial charge in [0.2, 0.25) is 15.9 Å². The molecule has 0 aliphatic heterocycles. The summed E-state index contributed by atoms with van der Waals surface area (Å²) in [6, 6.07) is 10.4. The molecule has 168 valence electrons. The third-order valence-corrected chi connectivity index (χ3v) is 6.76. The number of halogens is 2. The number of carbonyl (C=O) groups is 2. The van der Waals surface area contributed by atoms with Crippen molar-refractivity contribution in [2.24, 2.45) is 0 Å². The fourth-order valence-corrected chi connectivity index (χ4v) is 4.61. The lowest BCUT2D eigenvalue weighted by atomic mass is 10.0. The van der Waals surface area contributed by atoms with Crippen molar-refractivity contribution in [3.63, 3.8) is 0 Å². The van der Waals surface area contributed by atoms with Crippen LogP contribution in [0.15, 0.2) is 64.9 Å². The van der Waals surface area contributed by atoms with E-state index < -0.39 is 39.5 Å². The van der Waals surface area contributed by atoms with Crippen molar-refractivity contribution in [2.75, 3.05) is 7.05 Å². The van der Waals surface area contributed by atoms with Crippen molar-refractivity contribution in [2.45, 2.75) is 17.5 Å². The van der Waals surface area contributed by atoms with Gasteiger partial charge in [-0.1, -0.05) is 18.2 Å². The Balaban J connectivity index is 1.81. The number of likely N-dealkylation sites (N-methyl/N-ethyl adjacent to an activating group) is 1. The van der Waals surface area contributed by atoms with Crippen LogP contribution in [-0.4, -0.2) is 27.3 Å². The maximum Gasteiger partial charge on any atom is 0.252 e. The third kappa shape index (κ3) is 5.55. The Labute approximate surface area is 187 Å². The monoisotopic (exact) mass is 479 g/mol. The van der Waals surface area contributed by atoms with Gasteiger partial charge in [-0.2, -0.15) is 0 Å². The number of nitrogens with one attached hydrogen (secondary N) is 3. The smallest absolute Gasteiger partial charge is 0.252 e. The SMILES string of the molecule is CNC(=O)C(NC(=O)c1cccc(S(=O)(=O)NCc2cccs2)c1)c1ccc(F)c(F)c1. The van der Waals surface area contributed by atoms with E-state index in [4.69, 9.17) is 0 Å². The van der Waals surface area contributed by atoms with Crippen molar-refractivity contribution in [3.8, 4) is 0 Å². The topological polar surface area (TPSA) is 104 Å². The standard InChI is InChI=1S/C21H19F2N3O4S2/c1-24-21(28)19(13-7-8-17(22)18(23)11-13)26-20(27)14-4-2-6-16(10-14)32(29,30)25-12-15-5-3-9-31-15/h2-11,19,25H,12H2,1H3,(H,24,28)(H,26,27). The molecular formula is C21H19F2N3O4S2. The van der Waals surface area contributed by atoms with E-state index >= 15 is 0 Å². The van der Waals surface area contributed by atoms with E-state index in [-0.39, 0.29) is 22.6 Å². The number of amides is 2. The Morgan fingerprint density at radius 1 is 1.03 bits per heavy atom. The molecule has 3 rings (SSSR count). The van der Waals surface area contributed by atoms with Crippen LogP contribution < -0.4 is 15.4 Å². The van der Waals surface area contributed by atoms with E-state index in [1.165, 1.54) is 42.6 Å². The first-order chi connectivity index (χ1) is 15.2. The average Bonchev–Trinajstić information content (AvgIpc) is 3.31. The van der Waals surface area contributed by atoms with Gasteiger partial charge in [0.25, 0.3) is 5.91 Å². The van der Waals surface area contributed by atoms with Gasteiger partial charge in [0.05, 0.1) is 4.90 Å². The first-order valence-corrected chi connectivity index (χ1v) is 11.7. The van der Waals surface area contributed by atoms with Crippen LogP contribution in [0.5, 0.6) is 0 Å².